The first-order valence-electron chi connectivity index (χ1n) is 6.96. The first-order valence-corrected chi connectivity index (χ1v) is 7.34. The molecular formula is C15H15ClN4O2. The molecule has 2 aromatic heterocycles. The first kappa shape index (κ1) is 14.6. The van der Waals surface area contributed by atoms with Gasteiger partial charge in [-0.05, 0) is 24.3 Å². The summed E-state index contributed by atoms with van der Waals surface area (Å²) < 4.78 is 0. The average Bonchev–Trinajstić information content (AvgIpc) is 2.56. The normalized spacial score (nSPS) is 15.0. The molecule has 0 atom stereocenters. The van der Waals surface area contributed by atoms with Gasteiger partial charge in [0, 0.05) is 32.4 Å². The predicted octanol–water partition coefficient (Wildman–Crippen LogP) is 2.15. The van der Waals surface area contributed by atoms with Crippen LogP contribution in [0.25, 0.3) is 0 Å². The van der Waals surface area contributed by atoms with E-state index in [-0.39, 0.29) is 5.69 Å². The van der Waals surface area contributed by atoms with Gasteiger partial charge < -0.3 is 14.9 Å². The maximum atomic E-state index is 11.0. The zero-order chi connectivity index (χ0) is 15.5. The number of nitrogens with zero attached hydrogens (tertiary/aromatic N) is 4. The van der Waals surface area contributed by atoms with Gasteiger partial charge in [0.1, 0.15) is 11.6 Å². The third-order valence-electron chi connectivity index (χ3n) is 3.60. The van der Waals surface area contributed by atoms with E-state index < -0.39 is 5.97 Å². The van der Waals surface area contributed by atoms with Gasteiger partial charge in [-0.1, -0.05) is 17.7 Å². The van der Waals surface area contributed by atoms with Gasteiger partial charge in [0.25, 0.3) is 0 Å². The molecule has 1 fully saturated rings. The molecule has 0 aliphatic carbocycles. The minimum Gasteiger partial charge on any atom is -0.477 e. The predicted molar refractivity (Wildman–Crippen MR) is 84.9 cm³/mol. The van der Waals surface area contributed by atoms with Crippen LogP contribution in [0.2, 0.25) is 5.02 Å². The van der Waals surface area contributed by atoms with Crippen molar-refractivity contribution in [2.75, 3.05) is 36.0 Å². The molecule has 1 aliphatic rings. The molecular weight excluding hydrogens is 304 g/mol. The van der Waals surface area contributed by atoms with Crippen LogP contribution in [0.4, 0.5) is 11.6 Å². The largest absolute Gasteiger partial charge is 0.477 e. The molecule has 0 amide bonds. The standard InChI is InChI=1S/C15H15ClN4O2/c16-11-3-2-6-17-14(11)20-9-7-19(8-10-20)13-5-1-4-12(18-13)15(21)22/h1-6H,7-10H2,(H,21,22). The Hall–Kier alpha value is -2.34. The van der Waals surface area contributed by atoms with Crippen LogP contribution in [0, 0.1) is 0 Å². The number of carbonyl (C=O) groups is 1. The maximum absolute atomic E-state index is 11.0. The zero-order valence-corrected chi connectivity index (χ0v) is 12.6. The van der Waals surface area contributed by atoms with Gasteiger partial charge in [0.2, 0.25) is 0 Å². The molecule has 22 heavy (non-hydrogen) atoms. The topological polar surface area (TPSA) is 69.6 Å². The van der Waals surface area contributed by atoms with E-state index in [4.69, 9.17) is 16.7 Å². The lowest BCUT2D eigenvalue weighted by molar-refractivity contribution is 0.0690. The second-order valence-corrected chi connectivity index (χ2v) is 5.38. The molecule has 2 aromatic rings. The van der Waals surface area contributed by atoms with E-state index in [9.17, 15) is 4.79 Å². The number of halogens is 1. The van der Waals surface area contributed by atoms with Crippen molar-refractivity contribution in [3.8, 4) is 0 Å². The van der Waals surface area contributed by atoms with Crippen molar-refractivity contribution in [2.45, 2.75) is 0 Å². The Morgan fingerprint density at radius 3 is 2.50 bits per heavy atom. The highest BCUT2D eigenvalue weighted by Crippen LogP contribution is 2.24. The molecule has 0 aromatic carbocycles. The minimum absolute atomic E-state index is 0.0627. The number of hydrogen-bond acceptors (Lipinski definition) is 5. The van der Waals surface area contributed by atoms with Gasteiger partial charge in [-0.15, -0.1) is 0 Å². The van der Waals surface area contributed by atoms with Crippen molar-refractivity contribution in [1.29, 1.82) is 0 Å². The Morgan fingerprint density at radius 1 is 1.09 bits per heavy atom. The quantitative estimate of drug-likeness (QED) is 0.935. The fourth-order valence-corrected chi connectivity index (χ4v) is 2.72. The van der Waals surface area contributed by atoms with Gasteiger partial charge >= 0.3 is 5.97 Å². The monoisotopic (exact) mass is 318 g/mol. The Bertz CT molecular complexity index is 687. The highest BCUT2D eigenvalue weighted by Gasteiger charge is 2.21. The third kappa shape index (κ3) is 2.96. The summed E-state index contributed by atoms with van der Waals surface area (Å²) >= 11 is 6.17. The van der Waals surface area contributed by atoms with Crippen LogP contribution >= 0.6 is 11.6 Å². The van der Waals surface area contributed by atoms with E-state index in [1.807, 2.05) is 18.2 Å². The number of rotatable bonds is 3. The average molecular weight is 319 g/mol. The Labute approximate surface area is 133 Å². The summed E-state index contributed by atoms with van der Waals surface area (Å²) in [6.07, 6.45) is 1.73. The van der Waals surface area contributed by atoms with Gasteiger partial charge in [-0.2, -0.15) is 0 Å². The van der Waals surface area contributed by atoms with E-state index in [2.05, 4.69) is 19.8 Å². The zero-order valence-electron chi connectivity index (χ0n) is 11.8. The maximum Gasteiger partial charge on any atom is 0.354 e. The van der Waals surface area contributed by atoms with Crippen LogP contribution in [0.5, 0.6) is 0 Å². The Morgan fingerprint density at radius 2 is 1.82 bits per heavy atom. The highest BCUT2D eigenvalue weighted by atomic mass is 35.5. The number of carboxylic acid groups (broad SMARTS) is 1. The molecule has 0 spiro atoms. The van der Waals surface area contributed by atoms with Crippen LogP contribution in [-0.2, 0) is 0 Å². The van der Waals surface area contributed by atoms with Crippen LogP contribution in [0.1, 0.15) is 10.5 Å². The minimum atomic E-state index is -1.01. The third-order valence-corrected chi connectivity index (χ3v) is 3.89. The first-order chi connectivity index (χ1) is 10.6. The molecule has 0 bridgehead atoms. The highest BCUT2D eigenvalue weighted by molar-refractivity contribution is 6.32. The Balaban J connectivity index is 1.71. The molecule has 0 radical (unpaired) electrons. The fraction of sp³-hybridized carbons (Fsp3) is 0.267. The van der Waals surface area contributed by atoms with Crippen molar-refractivity contribution in [3.05, 3.63) is 47.2 Å². The lowest BCUT2D eigenvalue weighted by Gasteiger charge is -2.36. The SMILES string of the molecule is O=C(O)c1cccc(N2CCN(c3ncccc3Cl)CC2)n1. The molecule has 3 rings (SSSR count). The second kappa shape index (κ2) is 6.19. The molecule has 0 unspecified atom stereocenters. The number of piperazine rings is 1. The molecule has 1 N–H and O–H groups in total. The number of hydrogen-bond donors (Lipinski definition) is 1. The van der Waals surface area contributed by atoms with Crippen molar-refractivity contribution < 1.29 is 9.90 Å². The molecule has 1 aliphatic heterocycles. The summed E-state index contributed by atoms with van der Waals surface area (Å²) in [4.78, 5) is 23.7. The molecule has 0 saturated carbocycles. The van der Waals surface area contributed by atoms with Crippen molar-refractivity contribution in [1.82, 2.24) is 9.97 Å². The summed E-state index contributed by atoms with van der Waals surface area (Å²) in [7, 11) is 0. The summed E-state index contributed by atoms with van der Waals surface area (Å²) in [6, 6.07) is 8.68. The lowest BCUT2D eigenvalue weighted by atomic mass is 10.2. The van der Waals surface area contributed by atoms with E-state index in [1.165, 1.54) is 6.07 Å². The molecule has 114 valence electrons. The summed E-state index contributed by atoms with van der Waals surface area (Å²) in [6.45, 7) is 3.00. The van der Waals surface area contributed by atoms with Crippen molar-refractivity contribution in [3.63, 3.8) is 0 Å². The number of aromatic nitrogens is 2. The van der Waals surface area contributed by atoms with E-state index in [1.54, 1.807) is 12.3 Å². The fourth-order valence-electron chi connectivity index (χ4n) is 2.48. The number of carboxylic acids is 1. The van der Waals surface area contributed by atoms with Gasteiger partial charge in [-0.25, -0.2) is 14.8 Å². The lowest BCUT2D eigenvalue weighted by Crippen LogP contribution is -2.47. The van der Waals surface area contributed by atoms with Crippen LogP contribution in [-0.4, -0.2) is 47.2 Å². The molecule has 6 nitrogen and oxygen atoms in total. The van der Waals surface area contributed by atoms with E-state index in [0.29, 0.717) is 10.8 Å². The van der Waals surface area contributed by atoms with Crippen molar-refractivity contribution in [2.24, 2.45) is 0 Å². The van der Waals surface area contributed by atoms with E-state index in [0.717, 1.165) is 32.0 Å². The number of aromatic carboxylic acids is 1. The van der Waals surface area contributed by atoms with Gasteiger partial charge in [0.15, 0.2) is 5.69 Å². The molecule has 1 saturated heterocycles. The van der Waals surface area contributed by atoms with Crippen LogP contribution in [0.3, 0.4) is 0 Å². The summed E-state index contributed by atoms with van der Waals surface area (Å²) in [5, 5.41) is 9.66. The molecule has 7 heteroatoms. The summed E-state index contributed by atoms with van der Waals surface area (Å²) in [5.74, 6) is 0.462. The van der Waals surface area contributed by atoms with Crippen LogP contribution in [0.15, 0.2) is 36.5 Å². The summed E-state index contributed by atoms with van der Waals surface area (Å²) in [5.41, 5.74) is 0.0627. The van der Waals surface area contributed by atoms with E-state index >= 15 is 0 Å². The van der Waals surface area contributed by atoms with Crippen molar-refractivity contribution >= 4 is 29.2 Å². The second-order valence-electron chi connectivity index (χ2n) is 4.97. The van der Waals surface area contributed by atoms with Gasteiger partial charge in [0.05, 0.1) is 5.02 Å². The smallest absolute Gasteiger partial charge is 0.354 e. The van der Waals surface area contributed by atoms with Crippen LogP contribution < -0.4 is 9.80 Å². The Kier molecular flexibility index (Phi) is 4.11. The van der Waals surface area contributed by atoms with Gasteiger partial charge in [-0.3, -0.25) is 0 Å². The number of anilines is 2. The number of pyridine rings is 2. The molecule has 3 heterocycles.